The van der Waals surface area contributed by atoms with Gasteiger partial charge in [0.2, 0.25) is 0 Å². The number of phosphoric ester groups is 2. The van der Waals surface area contributed by atoms with Gasteiger partial charge in [-0.15, -0.1) is 0 Å². The van der Waals surface area contributed by atoms with Crippen LogP contribution in [-0.2, 0) is 36.7 Å². The molecular formula is C24H22Cl4N4O12P2. The maximum Gasteiger partial charge on any atom is 0.472 e. The zero-order valence-electron chi connectivity index (χ0n) is 22.7. The number of hydrogen-bond acceptors (Lipinski definition) is 12. The van der Waals surface area contributed by atoms with E-state index in [1.807, 2.05) is 0 Å². The van der Waals surface area contributed by atoms with E-state index >= 15 is 0 Å². The number of hydrogen-bond donors (Lipinski definition) is 4. The van der Waals surface area contributed by atoms with Gasteiger partial charge in [0, 0.05) is 0 Å². The predicted octanol–water partition coefficient (Wildman–Crippen LogP) is 4.23. The average Bonchev–Trinajstić information content (AvgIpc) is 3.72. The van der Waals surface area contributed by atoms with E-state index in [9.17, 15) is 29.1 Å². The van der Waals surface area contributed by atoms with Crippen LogP contribution in [-0.4, -0.2) is 88.9 Å². The summed E-state index contributed by atoms with van der Waals surface area (Å²) in [7, 11) is -10.1. The van der Waals surface area contributed by atoms with Gasteiger partial charge >= 0.3 is 15.6 Å². The highest BCUT2D eigenvalue weighted by atomic mass is 35.5. The van der Waals surface area contributed by atoms with Crippen LogP contribution in [0.1, 0.15) is 12.5 Å². The largest absolute Gasteiger partial charge is 0.472 e. The van der Waals surface area contributed by atoms with Gasteiger partial charge in [-0.2, -0.15) is 0 Å². The number of nitrogens with zero attached hydrogens (tertiary/aromatic N) is 4. The number of fused-ring (bicyclic) bond motifs is 6. The molecular weight excluding hydrogens is 740 g/mol. The number of phosphoric acid groups is 2. The summed E-state index contributed by atoms with van der Waals surface area (Å²) in [5, 5.41) is 23.0. The normalized spacial score (nSPS) is 37.2. The lowest BCUT2D eigenvalue weighted by Crippen LogP contribution is -2.38. The lowest BCUT2D eigenvalue weighted by Gasteiger charge is -2.26. The molecule has 0 radical (unpaired) electrons. The van der Waals surface area contributed by atoms with E-state index < -0.39 is 77.9 Å². The summed E-state index contributed by atoms with van der Waals surface area (Å²) in [5.41, 5.74) is 1.47. The van der Waals surface area contributed by atoms with Crippen LogP contribution in [0.25, 0.3) is 22.1 Å². The van der Waals surface area contributed by atoms with Crippen molar-refractivity contribution >= 4 is 84.1 Å². The average molecular weight is 762 g/mol. The summed E-state index contributed by atoms with van der Waals surface area (Å²) in [6.45, 7) is -1.53. The Morgan fingerprint density at radius 2 is 1.04 bits per heavy atom. The standard InChI is InChI=1S/C24H22Cl4N4O12P2/c25-9-1-13-15(3-11(9)27)31(7-29-13)23-21-19(33)17(41-23)5-39-46(37,38)44-22-20(34)18(6-40-45(35,36)43-21)42-24(22)32-8-30-14-2-10(26)12(28)4-16(14)32/h1-4,7-8,17-24,33-34H,5-6H2,(H,35,36)(H,37,38). The lowest BCUT2D eigenvalue weighted by atomic mass is 10.1. The van der Waals surface area contributed by atoms with E-state index in [1.54, 1.807) is 0 Å². The molecule has 5 heterocycles. The first-order valence-electron chi connectivity index (χ1n) is 13.3. The predicted molar refractivity (Wildman–Crippen MR) is 161 cm³/mol. The zero-order chi connectivity index (χ0) is 32.7. The van der Waals surface area contributed by atoms with Crippen LogP contribution in [0, 0.1) is 0 Å². The molecule has 3 aliphatic rings. The summed E-state index contributed by atoms with van der Waals surface area (Å²) >= 11 is 24.6. The Balaban J connectivity index is 1.22. The van der Waals surface area contributed by atoms with Crippen LogP contribution in [0.2, 0.25) is 20.1 Å². The quantitative estimate of drug-likeness (QED) is 0.211. The Bertz CT molecular complexity index is 1790. The van der Waals surface area contributed by atoms with E-state index in [-0.39, 0.29) is 20.1 Å². The van der Waals surface area contributed by atoms with Crippen LogP contribution < -0.4 is 0 Å². The number of aromatic nitrogens is 4. The number of imidazole rings is 2. The molecule has 0 spiro atoms. The first-order valence-corrected chi connectivity index (χ1v) is 17.8. The van der Waals surface area contributed by atoms with E-state index in [0.29, 0.717) is 22.1 Å². The summed E-state index contributed by atoms with van der Waals surface area (Å²) in [6, 6.07) is 5.90. The van der Waals surface area contributed by atoms with Crippen LogP contribution in [0.15, 0.2) is 36.9 Å². The molecule has 16 nitrogen and oxygen atoms in total. The Morgan fingerprint density at radius 3 is 1.43 bits per heavy atom. The van der Waals surface area contributed by atoms with Crippen LogP contribution in [0.3, 0.4) is 0 Å². The second-order valence-electron chi connectivity index (χ2n) is 10.6. The minimum atomic E-state index is -5.03. The molecule has 3 saturated heterocycles. The van der Waals surface area contributed by atoms with Gasteiger partial charge in [-0.1, -0.05) is 46.4 Å². The van der Waals surface area contributed by atoms with Gasteiger partial charge in [-0.25, -0.2) is 19.1 Å². The summed E-state index contributed by atoms with van der Waals surface area (Å²) in [6.07, 6.45) is -9.49. The number of aliphatic hydroxyl groups excluding tert-OH is 2. The maximum absolute atomic E-state index is 13.2. The second kappa shape index (κ2) is 12.2. The molecule has 22 heteroatoms. The topological polar surface area (TPSA) is 206 Å². The number of benzene rings is 2. The monoisotopic (exact) mass is 760 g/mol. The second-order valence-corrected chi connectivity index (χ2v) is 15.0. The van der Waals surface area contributed by atoms with Crippen LogP contribution in [0.5, 0.6) is 0 Å². The summed E-state index contributed by atoms with van der Waals surface area (Å²) in [4.78, 5) is 29.9. The molecule has 10 atom stereocenters. The third-order valence-corrected chi connectivity index (χ3v) is 11.1. The molecule has 248 valence electrons. The van der Waals surface area contributed by atoms with Gasteiger partial charge < -0.3 is 38.6 Å². The molecule has 2 aromatic carbocycles. The van der Waals surface area contributed by atoms with Crippen molar-refractivity contribution in [3.05, 3.63) is 57.0 Å². The Kier molecular flexibility index (Phi) is 8.77. The smallest absolute Gasteiger partial charge is 0.387 e. The van der Waals surface area contributed by atoms with Crippen molar-refractivity contribution < 1.29 is 56.7 Å². The first-order chi connectivity index (χ1) is 21.7. The highest BCUT2D eigenvalue weighted by molar-refractivity contribution is 7.47. The molecule has 0 aliphatic carbocycles. The summed E-state index contributed by atoms with van der Waals surface area (Å²) in [5.74, 6) is 0. The van der Waals surface area contributed by atoms with Gasteiger partial charge in [0.15, 0.2) is 12.5 Å². The van der Waals surface area contributed by atoms with Crippen molar-refractivity contribution in [1.29, 1.82) is 0 Å². The van der Waals surface area contributed by atoms with Crippen molar-refractivity contribution in [2.75, 3.05) is 13.2 Å². The van der Waals surface area contributed by atoms with E-state index in [1.165, 1.54) is 46.1 Å². The van der Waals surface area contributed by atoms with E-state index in [2.05, 4.69) is 9.97 Å². The van der Waals surface area contributed by atoms with E-state index in [4.69, 9.17) is 74.0 Å². The SMILES string of the molecule is O=P1(O)OCC2OC(n3cnc4cc(Cl)c(Cl)cc43)C(OP(=O)(O)OCC3OC(n4cnc5cc(Cl)c(Cl)cc54)C(O1)C3O)C2O. The third kappa shape index (κ3) is 6.03. The molecule has 2 aromatic heterocycles. The molecule has 10 unspecified atom stereocenters. The number of ether oxygens (including phenoxy) is 2. The highest BCUT2D eigenvalue weighted by Gasteiger charge is 2.53. The number of rotatable bonds is 2. The Labute approximate surface area is 278 Å². The number of aliphatic hydroxyl groups is 2. The van der Waals surface area contributed by atoms with Crippen molar-refractivity contribution in [3.8, 4) is 0 Å². The molecule has 46 heavy (non-hydrogen) atoms. The molecule has 3 aliphatic heterocycles. The molecule has 0 saturated carbocycles. The molecule has 7 rings (SSSR count). The van der Waals surface area contributed by atoms with Crippen LogP contribution in [0.4, 0.5) is 0 Å². The van der Waals surface area contributed by atoms with Gasteiger partial charge in [0.1, 0.15) is 36.6 Å². The fraction of sp³-hybridized carbons (Fsp3) is 0.417. The third-order valence-electron chi connectivity index (χ3n) is 7.72. The molecule has 0 amide bonds. The Morgan fingerprint density at radius 1 is 0.674 bits per heavy atom. The molecule has 4 bridgehead atoms. The van der Waals surface area contributed by atoms with Gasteiger partial charge in [0.25, 0.3) is 0 Å². The van der Waals surface area contributed by atoms with Gasteiger partial charge in [-0.3, -0.25) is 18.1 Å². The van der Waals surface area contributed by atoms with Crippen molar-refractivity contribution in [3.63, 3.8) is 0 Å². The zero-order valence-corrected chi connectivity index (χ0v) is 27.6. The molecule has 4 N–H and O–H groups in total. The summed E-state index contributed by atoms with van der Waals surface area (Å²) < 4.78 is 62.2. The van der Waals surface area contributed by atoms with Gasteiger partial charge in [-0.05, 0) is 24.3 Å². The highest BCUT2D eigenvalue weighted by Crippen LogP contribution is 2.54. The fourth-order valence-corrected chi connectivity index (χ4v) is 8.04. The van der Waals surface area contributed by atoms with Crippen LogP contribution >= 0.6 is 62.0 Å². The van der Waals surface area contributed by atoms with Crippen molar-refractivity contribution in [1.82, 2.24) is 19.1 Å². The minimum absolute atomic E-state index is 0.169. The molecule has 3 fully saturated rings. The molecule has 4 aromatic rings. The van der Waals surface area contributed by atoms with Gasteiger partial charge in [0.05, 0.1) is 68.0 Å². The van der Waals surface area contributed by atoms with Crippen molar-refractivity contribution in [2.24, 2.45) is 0 Å². The Hall–Kier alpha value is -1.40. The maximum atomic E-state index is 13.2. The first kappa shape index (κ1) is 33.1. The number of halogens is 4. The fourth-order valence-electron chi connectivity index (χ4n) is 5.54. The minimum Gasteiger partial charge on any atom is -0.387 e. The lowest BCUT2D eigenvalue weighted by molar-refractivity contribution is -0.0673. The van der Waals surface area contributed by atoms with Crippen molar-refractivity contribution in [2.45, 2.75) is 49.1 Å². The van der Waals surface area contributed by atoms with E-state index in [0.717, 1.165) is 0 Å².